The van der Waals surface area contributed by atoms with Crippen molar-refractivity contribution in [1.29, 1.82) is 0 Å². The zero-order valence-electron chi connectivity index (χ0n) is 20.8. The van der Waals surface area contributed by atoms with Gasteiger partial charge in [0.15, 0.2) is 0 Å². The minimum absolute atomic E-state index is 0.213. The van der Waals surface area contributed by atoms with E-state index in [0.29, 0.717) is 17.0 Å². The quantitative estimate of drug-likeness (QED) is 0.410. The average molecular weight is 512 g/mol. The summed E-state index contributed by atoms with van der Waals surface area (Å²) in [6, 6.07) is 13.2. The Hall–Kier alpha value is -3.65. The highest BCUT2D eigenvalue weighted by Crippen LogP contribution is 2.20. The van der Waals surface area contributed by atoms with Gasteiger partial charge in [0.1, 0.15) is 6.04 Å². The predicted molar refractivity (Wildman–Crippen MR) is 136 cm³/mol. The van der Waals surface area contributed by atoms with Gasteiger partial charge >= 0.3 is 11.9 Å². The van der Waals surface area contributed by atoms with Gasteiger partial charge in [-0.15, -0.1) is 0 Å². The number of esters is 2. The summed E-state index contributed by atoms with van der Waals surface area (Å²) in [4.78, 5) is 37.0. The number of carbonyl (C=O) groups is 3. The molecule has 1 atom stereocenters. The van der Waals surface area contributed by atoms with Crippen LogP contribution >= 0.6 is 11.6 Å². The topological polar surface area (TPSA) is 99.5 Å². The molecule has 2 aromatic carbocycles. The Bertz CT molecular complexity index is 1220. The Kier molecular flexibility index (Phi) is 9.25. The van der Waals surface area contributed by atoms with Crippen LogP contribution in [0.25, 0.3) is 5.69 Å². The van der Waals surface area contributed by atoms with Gasteiger partial charge in [-0.25, -0.2) is 9.48 Å². The molecule has 1 heterocycles. The molecule has 0 aliphatic carbocycles. The van der Waals surface area contributed by atoms with Crippen LogP contribution in [-0.2, 0) is 31.9 Å². The van der Waals surface area contributed by atoms with Gasteiger partial charge in [0.2, 0.25) is 0 Å². The molecule has 3 rings (SSSR count). The number of benzene rings is 2. The molecule has 190 valence electrons. The molecule has 0 radical (unpaired) electrons. The minimum Gasteiger partial charge on any atom is -0.469 e. The van der Waals surface area contributed by atoms with Crippen molar-refractivity contribution in [3.05, 3.63) is 81.6 Å². The fourth-order valence-electron chi connectivity index (χ4n) is 3.91. The monoisotopic (exact) mass is 511 g/mol. The van der Waals surface area contributed by atoms with Crippen LogP contribution in [0.3, 0.4) is 0 Å². The van der Waals surface area contributed by atoms with Gasteiger partial charge in [-0.2, -0.15) is 5.10 Å². The number of ether oxygens (including phenoxy) is 2. The second-order valence-electron chi connectivity index (χ2n) is 8.29. The fourth-order valence-corrected chi connectivity index (χ4v) is 4.03. The fraction of sp³-hybridized carbons (Fsp3) is 0.333. The molecular weight excluding hydrogens is 482 g/mol. The molecule has 36 heavy (non-hydrogen) atoms. The molecule has 0 aliphatic heterocycles. The van der Waals surface area contributed by atoms with E-state index in [4.69, 9.17) is 21.1 Å². The van der Waals surface area contributed by atoms with Gasteiger partial charge in [0, 0.05) is 29.1 Å². The molecule has 0 spiro atoms. The molecule has 0 fully saturated rings. The second-order valence-corrected chi connectivity index (χ2v) is 8.73. The first kappa shape index (κ1) is 26.9. The lowest BCUT2D eigenvalue weighted by Gasteiger charge is -2.18. The molecule has 9 heteroatoms. The van der Waals surface area contributed by atoms with Crippen LogP contribution in [0.4, 0.5) is 0 Å². The van der Waals surface area contributed by atoms with Gasteiger partial charge in [-0.05, 0) is 74.7 Å². The molecular formula is C27H30ClN3O5. The van der Waals surface area contributed by atoms with E-state index in [2.05, 4.69) is 10.4 Å². The maximum atomic E-state index is 13.0. The molecule has 8 nitrogen and oxygen atoms in total. The number of nitrogens with one attached hydrogen (secondary N) is 1. The van der Waals surface area contributed by atoms with E-state index in [1.54, 1.807) is 48.0 Å². The van der Waals surface area contributed by atoms with Crippen molar-refractivity contribution in [3.63, 3.8) is 0 Å². The molecule has 1 N–H and O–H groups in total. The van der Waals surface area contributed by atoms with Crippen molar-refractivity contribution in [1.82, 2.24) is 15.1 Å². The number of nitrogens with zero attached hydrogens (tertiary/aromatic N) is 2. The number of rotatable bonds is 10. The van der Waals surface area contributed by atoms with E-state index in [1.807, 2.05) is 26.0 Å². The van der Waals surface area contributed by atoms with E-state index in [9.17, 15) is 14.4 Å². The summed E-state index contributed by atoms with van der Waals surface area (Å²) < 4.78 is 11.7. The smallest absolute Gasteiger partial charge is 0.328 e. The summed E-state index contributed by atoms with van der Waals surface area (Å²) in [6.45, 7) is 5.77. The number of amides is 1. The summed E-state index contributed by atoms with van der Waals surface area (Å²) in [5, 5.41) is 7.97. The SMILES string of the molecule is CCOC(=O)C(Cc1ccc(Cl)cc1)NC(=O)c1ccc(-n2nc(C)c(CCC(=O)OC)c2C)cc1. The van der Waals surface area contributed by atoms with Crippen LogP contribution in [-0.4, -0.2) is 47.4 Å². The van der Waals surface area contributed by atoms with Gasteiger partial charge in [0.25, 0.3) is 5.91 Å². The highest BCUT2D eigenvalue weighted by atomic mass is 35.5. The molecule has 0 bridgehead atoms. The second kappa shape index (κ2) is 12.4. The average Bonchev–Trinajstić information content (AvgIpc) is 3.16. The zero-order valence-corrected chi connectivity index (χ0v) is 21.6. The van der Waals surface area contributed by atoms with Crippen LogP contribution in [0, 0.1) is 13.8 Å². The van der Waals surface area contributed by atoms with Crippen molar-refractivity contribution in [2.45, 2.75) is 46.1 Å². The number of carbonyl (C=O) groups excluding carboxylic acids is 3. The van der Waals surface area contributed by atoms with E-state index < -0.39 is 12.0 Å². The Balaban J connectivity index is 1.74. The van der Waals surface area contributed by atoms with Crippen LogP contribution < -0.4 is 5.32 Å². The van der Waals surface area contributed by atoms with Crippen molar-refractivity contribution >= 4 is 29.4 Å². The summed E-state index contributed by atoms with van der Waals surface area (Å²) in [6.07, 6.45) is 1.09. The number of aromatic nitrogens is 2. The van der Waals surface area contributed by atoms with E-state index >= 15 is 0 Å². The predicted octanol–water partition coefficient (Wildman–Crippen LogP) is 4.15. The molecule has 0 saturated heterocycles. The van der Waals surface area contributed by atoms with E-state index in [0.717, 1.165) is 28.2 Å². The van der Waals surface area contributed by atoms with E-state index in [1.165, 1.54) is 7.11 Å². The lowest BCUT2D eigenvalue weighted by Crippen LogP contribution is -2.43. The maximum absolute atomic E-state index is 13.0. The Morgan fingerprint density at radius 3 is 2.33 bits per heavy atom. The lowest BCUT2D eigenvalue weighted by atomic mass is 10.1. The summed E-state index contributed by atoms with van der Waals surface area (Å²) in [7, 11) is 1.37. The van der Waals surface area contributed by atoms with Crippen LogP contribution in [0.5, 0.6) is 0 Å². The van der Waals surface area contributed by atoms with Crippen molar-refractivity contribution in [2.75, 3.05) is 13.7 Å². The van der Waals surface area contributed by atoms with Gasteiger partial charge in [-0.1, -0.05) is 23.7 Å². The molecule has 1 aromatic heterocycles. The van der Waals surface area contributed by atoms with Gasteiger partial charge in [-0.3, -0.25) is 9.59 Å². The first-order valence-electron chi connectivity index (χ1n) is 11.7. The van der Waals surface area contributed by atoms with Gasteiger partial charge < -0.3 is 14.8 Å². The number of halogens is 1. The third-order valence-electron chi connectivity index (χ3n) is 5.85. The number of aryl methyl sites for hydroxylation is 1. The Morgan fingerprint density at radius 1 is 1.06 bits per heavy atom. The first-order valence-corrected chi connectivity index (χ1v) is 12.1. The largest absolute Gasteiger partial charge is 0.469 e. The maximum Gasteiger partial charge on any atom is 0.328 e. The Labute approximate surface area is 215 Å². The van der Waals surface area contributed by atoms with Gasteiger partial charge in [0.05, 0.1) is 25.1 Å². The number of hydrogen-bond acceptors (Lipinski definition) is 6. The molecule has 1 amide bonds. The summed E-state index contributed by atoms with van der Waals surface area (Å²) in [5.74, 6) is -1.16. The normalized spacial score (nSPS) is 11.6. The minimum atomic E-state index is -0.841. The zero-order chi connectivity index (χ0) is 26.2. The highest BCUT2D eigenvalue weighted by Gasteiger charge is 2.23. The van der Waals surface area contributed by atoms with Crippen LogP contribution in [0.15, 0.2) is 48.5 Å². The van der Waals surface area contributed by atoms with Crippen LogP contribution in [0.2, 0.25) is 5.02 Å². The third-order valence-corrected chi connectivity index (χ3v) is 6.10. The standard InChI is InChI=1S/C27H30ClN3O5/c1-5-36-27(34)24(16-19-6-10-21(28)11-7-19)29-26(33)20-8-12-22(13-9-20)31-18(3)23(17(2)30-31)14-15-25(32)35-4/h6-13,24H,5,14-16H2,1-4H3,(H,29,33). The lowest BCUT2D eigenvalue weighted by molar-refractivity contribution is -0.145. The van der Waals surface area contributed by atoms with Crippen molar-refractivity contribution < 1.29 is 23.9 Å². The van der Waals surface area contributed by atoms with Crippen molar-refractivity contribution in [2.24, 2.45) is 0 Å². The summed E-state index contributed by atoms with van der Waals surface area (Å²) in [5.41, 5.74) is 4.76. The number of methoxy groups -OCH3 is 1. The number of hydrogen-bond donors (Lipinski definition) is 1. The third kappa shape index (κ3) is 6.73. The Morgan fingerprint density at radius 2 is 1.72 bits per heavy atom. The molecule has 0 saturated carbocycles. The van der Waals surface area contributed by atoms with E-state index in [-0.39, 0.29) is 31.3 Å². The van der Waals surface area contributed by atoms with Crippen molar-refractivity contribution in [3.8, 4) is 5.69 Å². The molecule has 1 unspecified atom stereocenters. The first-order chi connectivity index (χ1) is 17.2. The highest BCUT2D eigenvalue weighted by molar-refractivity contribution is 6.30. The summed E-state index contributed by atoms with van der Waals surface area (Å²) >= 11 is 5.95. The molecule has 3 aromatic rings. The van der Waals surface area contributed by atoms with Crippen LogP contribution in [0.1, 0.15) is 46.2 Å². The molecule has 0 aliphatic rings.